The molecule has 7 heteroatoms. The average molecular weight is 353 g/mol. The molecular weight excluding hydrogens is 338 g/mol. The second-order valence-corrected chi connectivity index (χ2v) is 6.85. The minimum atomic E-state index is -3.71. The van der Waals surface area contributed by atoms with Crippen LogP contribution >= 0.6 is 0 Å². The van der Waals surface area contributed by atoms with Crippen molar-refractivity contribution in [1.29, 1.82) is 0 Å². The number of pyridine rings is 1. The molecule has 0 unspecified atom stereocenters. The predicted molar refractivity (Wildman–Crippen MR) is 95.9 cm³/mol. The largest absolute Gasteiger partial charge is 0.307 e. The van der Waals surface area contributed by atoms with Gasteiger partial charge in [-0.25, -0.2) is 13.4 Å². The van der Waals surface area contributed by atoms with E-state index < -0.39 is 10.0 Å². The normalized spacial score (nSPS) is 10.9. The molecule has 0 aliphatic carbocycles. The van der Waals surface area contributed by atoms with Crippen LogP contribution in [0.15, 0.2) is 83.9 Å². The molecule has 0 atom stereocenters. The van der Waals surface area contributed by atoms with Gasteiger partial charge in [0.2, 0.25) is 0 Å². The zero-order valence-corrected chi connectivity index (χ0v) is 13.9. The van der Waals surface area contributed by atoms with Crippen LogP contribution in [-0.4, -0.2) is 19.3 Å². The zero-order chi connectivity index (χ0) is 17.7. The van der Waals surface area contributed by atoms with E-state index in [1.165, 1.54) is 24.3 Å². The van der Waals surface area contributed by atoms with Crippen molar-refractivity contribution in [3.8, 4) is 0 Å². The molecule has 6 nitrogen and oxygen atoms in total. The van der Waals surface area contributed by atoms with Crippen molar-refractivity contribution in [2.45, 2.75) is 4.90 Å². The molecule has 126 valence electrons. The summed E-state index contributed by atoms with van der Waals surface area (Å²) in [4.78, 5) is 16.2. The standard InChI is InChI=1S/C18H15N3O3S/c22-18(20-17-8-4-5-13-19-17)14-9-11-16(12-10-14)25(23,24)21-15-6-2-1-3-7-15/h1-13,21H,(H,19,20,22). The molecule has 2 aromatic carbocycles. The molecule has 3 aromatic rings. The third-order valence-corrected chi connectivity index (χ3v) is 4.76. The SMILES string of the molecule is O=C(Nc1ccccn1)c1ccc(S(=O)(=O)Nc2ccccc2)cc1. The lowest BCUT2D eigenvalue weighted by Crippen LogP contribution is -2.15. The minimum absolute atomic E-state index is 0.0748. The third-order valence-electron chi connectivity index (χ3n) is 3.36. The highest BCUT2D eigenvalue weighted by atomic mass is 32.2. The van der Waals surface area contributed by atoms with E-state index in [2.05, 4.69) is 15.0 Å². The number of aromatic nitrogens is 1. The van der Waals surface area contributed by atoms with Gasteiger partial charge in [0.25, 0.3) is 15.9 Å². The summed E-state index contributed by atoms with van der Waals surface area (Å²) in [5, 5.41) is 2.64. The van der Waals surface area contributed by atoms with Crippen LogP contribution in [0, 0.1) is 0 Å². The number of carbonyl (C=O) groups is 1. The summed E-state index contributed by atoms with van der Waals surface area (Å²) < 4.78 is 27.2. The van der Waals surface area contributed by atoms with Crippen molar-refractivity contribution in [3.63, 3.8) is 0 Å². The van der Waals surface area contributed by atoms with Crippen LogP contribution in [0.2, 0.25) is 0 Å². The zero-order valence-electron chi connectivity index (χ0n) is 13.1. The molecule has 2 N–H and O–H groups in total. The predicted octanol–water partition coefficient (Wildman–Crippen LogP) is 3.13. The number of sulfonamides is 1. The highest BCUT2D eigenvalue weighted by Gasteiger charge is 2.15. The van der Waals surface area contributed by atoms with Gasteiger partial charge < -0.3 is 5.32 Å². The summed E-state index contributed by atoms with van der Waals surface area (Å²) in [6.07, 6.45) is 1.57. The number of carbonyl (C=O) groups excluding carboxylic acids is 1. The average Bonchev–Trinajstić information content (AvgIpc) is 2.63. The first-order chi connectivity index (χ1) is 12.0. The molecule has 0 saturated carbocycles. The Morgan fingerprint density at radius 2 is 1.52 bits per heavy atom. The fourth-order valence-electron chi connectivity index (χ4n) is 2.13. The number of nitrogens with zero attached hydrogens (tertiary/aromatic N) is 1. The quantitative estimate of drug-likeness (QED) is 0.737. The highest BCUT2D eigenvalue weighted by molar-refractivity contribution is 7.92. The molecule has 0 bridgehead atoms. The maximum atomic E-state index is 12.4. The number of rotatable bonds is 5. The van der Waals surface area contributed by atoms with Crippen LogP contribution in [0.1, 0.15) is 10.4 Å². The van der Waals surface area contributed by atoms with Gasteiger partial charge in [-0.3, -0.25) is 9.52 Å². The lowest BCUT2D eigenvalue weighted by atomic mass is 10.2. The molecule has 0 spiro atoms. The van der Waals surface area contributed by atoms with Gasteiger partial charge in [0.1, 0.15) is 5.82 Å². The first kappa shape index (κ1) is 16.7. The Balaban J connectivity index is 1.74. The molecule has 25 heavy (non-hydrogen) atoms. The van der Waals surface area contributed by atoms with Crippen LogP contribution in [0.5, 0.6) is 0 Å². The molecule has 3 rings (SSSR count). The monoisotopic (exact) mass is 353 g/mol. The van der Waals surface area contributed by atoms with Crippen molar-refractivity contribution in [1.82, 2.24) is 4.98 Å². The third kappa shape index (κ3) is 4.21. The Kier molecular flexibility index (Phi) is 4.76. The van der Waals surface area contributed by atoms with Crippen LogP contribution in [0.3, 0.4) is 0 Å². The van der Waals surface area contributed by atoms with E-state index in [1.807, 2.05) is 0 Å². The Hall–Kier alpha value is -3.19. The number of hydrogen-bond donors (Lipinski definition) is 2. The Morgan fingerprint density at radius 3 is 2.16 bits per heavy atom. The summed E-state index contributed by atoms with van der Waals surface area (Å²) >= 11 is 0. The number of hydrogen-bond acceptors (Lipinski definition) is 4. The molecule has 0 saturated heterocycles. The van der Waals surface area contributed by atoms with E-state index in [1.54, 1.807) is 54.7 Å². The van der Waals surface area contributed by atoms with Gasteiger partial charge in [-0.1, -0.05) is 24.3 Å². The number of amides is 1. The van der Waals surface area contributed by atoms with Crippen LogP contribution < -0.4 is 10.0 Å². The van der Waals surface area contributed by atoms with Crippen LogP contribution in [-0.2, 0) is 10.0 Å². The fraction of sp³-hybridized carbons (Fsp3) is 0. The Labute approximate surface area is 145 Å². The summed E-state index contributed by atoms with van der Waals surface area (Å²) in [5.74, 6) is 0.0635. The topological polar surface area (TPSA) is 88.2 Å². The smallest absolute Gasteiger partial charge is 0.261 e. The van der Waals surface area contributed by atoms with Gasteiger partial charge in [0, 0.05) is 17.4 Å². The molecule has 0 aliphatic heterocycles. The van der Waals surface area contributed by atoms with Crippen molar-refractivity contribution in [2.24, 2.45) is 0 Å². The van der Waals surface area contributed by atoms with Gasteiger partial charge in [-0.05, 0) is 48.5 Å². The second-order valence-electron chi connectivity index (χ2n) is 5.17. The molecular formula is C18H15N3O3S. The van der Waals surface area contributed by atoms with Gasteiger partial charge in [0.05, 0.1) is 4.90 Å². The van der Waals surface area contributed by atoms with E-state index in [4.69, 9.17) is 0 Å². The van der Waals surface area contributed by atoms with Crippen LogP contribution in [0.25, 0.3) is 0 Å². The van der Waals surface area contributed by atoms with E-state index in [9.17, 15) is 13.2 Å². The molecule has 0 aliphatic rings. The number of anilines is 2. The fourth-order valence-corrected chi connectivity index (χ4v) is 3.19. The van der Waals surface area contributed by atoms with Gasteiger partial charge >= 0.3 is 0 Å². The molecule has 0 radical (unpaired) electrons. The van der Waals surface area contributed by atoms with Gasteiger partial charge in [-0.15, -0.1) is 0 Å². The second kappa shape index (κ2) is 7.14. The van der Waals surface area contributed by atoms with Crippen molar-refractivity contribution in [3.05, 3.63) is 84.6 Å². The Morgan fingerprint density at radius 1 is 0.840 bits per heavy atom. The number of para-hydroxylation sites is 1. The molecule has 1 aromatic heterocycles. The van der Waals surface area contributed by atoms with Crippen molar-refractivity contribution >= 4 is 27.4 Å². The van der Waals surface area contributed by atoms with Gasteiger partial charge in [0.15, 0.2) is 0 Å². The van der Waals surface area contributed by atoms with Crippen molar-refractivity contribution in [2.75, 3.05) is 10.0 Å². The van der Waals surface area contributed by atoms with Crippen LogP contribution in [0.4, 0.5) is 11.5 Å². The van der Waals surface area contributed by atoms with E-state index in [0.29, 0.717) is 17.1 Å². The minimum Gasteiger partial charge on any atom is -0.307 e. The summed E-state index contributed by atoms with van der Waals surface area (Å²) in [5.41, 5.74) is 0.809. The Bertz CT molecular complexity index is 957. The highest BCUT2D eigenvalue weighted by Crippen LogP contribution is 2.16. The van der Waals surface area contributed by atoms with Gasteiger partial charge in [-0.2, -0.15) is 0 Å². The summed E-state index contributed by atoms with van der Waals surface area (Å²) in [6, 6.07) is 19.5. The molecule has 1 amide bonds. The summed E-state index contributed by atoms with van der Waals surface area (Å²) in [6.45, 7) is 0. The van der Waals surface area contributed by atoms with E-state index in [-0.39, 0.29) is 10.8 Å². The first-order valence-corrected chi connectivity index (χ1v) is 8.93. The van der Waals surface area contributed by atoms with E-state index >= 15 is 0 Å². The molecule has 0 fully saturated rings. The number of benzene rings is 2. The maximum Gasteiger partial charge on any atom is 0.261 e. The van der Waals surface area contributed by atoms with E-state index in [0.717, 1.165) is 0 Å². The molecule has 1 heterocycles. The lowest BCUT2D eigenvalue weighted by Gasteiger charge is -2.09. The maximum absolute atomic E-state index is 12.4. The lowest BCUT2D eigenvalue weighted by molar-refractivity contribution is 0.102. The number of nitrogens with one attached hydrogen (secondary N) is 2. The summed E-state index contributed by atoms with van der Waals surface area (Å²) in [7, 11) is -3.71. The van der Waals surface area contributed by atoms with Crippen molar-refractivity contribution < 1.29 is 13.2 Å². The first-order valence-electron chi connectivity index (χ1n) is 7.45.